The average molecular weight is 493 g/mol. The summed E-state index contributed by atoms with van der Waals surface area (Å²) < 4.78 is 25.7. The number of aromatic hydroxyl groups is 1. The molecule has 3 radical (unpaired) electrons. The third-order valence-electron chi connectivity index (χ3n) is 6.89. The van der Waals surface area contributed by atoms with Crippen molar-refractivity contribution in [2.45, 2.75) is 57.0 Å². The van der Waals surface area contributed by atoms with Crippen LogP contribution < -0.4 is 0 Å². The standard InChI is InChI=1S/C28H31FNO4Si/c1-18(35)28(2,3)34-27(32)30-14-13-24(20-8-10-22(29)11-9-20)26(16-30)33-17-19-7-12-23-21(15-19)5-4-6-25(23)31/h4-12,15,18,24,26,31H,13-14,16-17H2,1-3H3. The summed E-state index contributed by atoms with van der Waals surface area (Å²) in [7, 11) is 3.57. The van der Waals surface area contributed by atoms with Gasteiger partial charge in [0.25, 0.3) is 0 Å². The molecule has 0 bridgehead atoms. The molecule has 3 unspecified atom stereocenters. The molecule has 1 aliphatic rings. The predicted molar refractivity (Wildman–Crippen MR) is 135 cm³/mol. The molecule has 0 saturated carbocycles. The van der Waals surface area contributed by atoms with Gasteiger partial charge in [-0.3, -0.25) is 0 Å². The van der Waals surface area contributed by atoms with E-state index >= 15 is 0 Å². The number of carbonyl (C=O) groups is 1. The van der Waals surface area contributed by atoms with E-state index < -0.39 is 5.60 Å². The van der Waals surface area contributed by atoms with Crippen LogP contribution in [0.2, 0.25) is 5.54 Å². The number of phenols is 1. The van der Waals surface area contributed by atoms with Crippen molar-refractivity contribution in [2.24, 2.45) is 0 Å². The Morgan fingerprint density at radius 3 is 2.66 bits per heavy atom. The lowest BCUT2D eigenvalue weighted by atomic mass is 9.87. The number of piperidine rings is 1. The first-order valence-electron chi connectivity index (χ1n) is 11.9. The van der Waals surface area contributed by atoms with Crippen LogP contribution in [0.25, 0.3) is 10.8 Å². The van der Waals surface area contributed by atoms with Crippen molar-refractivity contribution in [3.8, 4) is 5.75 Å². The summed E-state index contributed by atoms with van der Waals surface area (Å²) in [6.07, 6.45) is 0.0269. The highest BCUT2D eigenvalue weighted by atomic mass is 28.1. The van der Waals surface area contributed by atoms with Gasteiger partial charge >= 0.3 is 6.09 Å². The third kappa shape index (κ3) is 5.85. The second kappa shape index (κ2) is 10.4. The highest BCUT2D eigenvalue weighted by Gasteiger charge is 2.36. The fourth-order valence-corrected chi connectivity index (χ4v) is 4.39. The molecule has 0 aliphatic carbocycles. The van der Waals surface area contributed by atoms with Crippen molar-refractivity contribution >= 4 is 27.1 Å². The van der Waals surface area contributed by atoms with Crippen LogP contribution in [0.3, 0.4) is 0 Å². The Morgan fingerprint density at radius 1 is 1.20 bits per heavy atom. The zero-order valence-electron chi connectivity index (χ0n) is 20.3. The van der Waals surface area contributed by atoms with Gasteiger partial charge < -0.3 is 19.5 Å². The molecule has 1 amide bonds. The fraction of sp³-hybridized carbons (Fsp3) is 0.393. The van der Waals surface area contributed by atoms with Gasteiger partial charge in [0.05, 0.1) is 19.3 Å². The summed E-state index contributed by atoms with van der Waals surface area (Å²) in [4.78, 5) is 14.7. The van der Waals surface area contributed by atoms with Crippen molar-refractivity contribution in [3.05, 3.63) is 77.6 Å². The molecule has 3 aromatic rings. The highest BCUT2D eigenvalue weighted by molar-refractivity contribution is 6.12. The first-order chi connectivity index (χ1) is 16.6. The molecular formula is C28H31FNO4Si. The first-order valence-corrected chi connectivity index (χ1v) is 12.5. The van der Waals surface area contributed by atoms with E-state index in [1.165, 1.54) is 12.1 Å². The number of phenolic OH excluding ortho intramolecular Hbond substituents is 1. The predicted octanol–water partition coefficient (Wildman–Crippen LogP) is 5.95. The first kappa shape index (κ1) is 25.2. The number of ether oxygens (including phenoxy) is 2. The van der Waals surface area contributed by atoms with Crippen LogP contribution in [0.1, 0.15) is 44.2 Å². The van der Waals surface area contributed by atoms with Crippen molar-refractivity contribution in [3.63, 3.8) is 0 Å². The lowest BCUT2D eigenvalue weighted by Crippen LogP contribution is -2.49. The van der Waals surface area contributed by atoms with Gasteiger partial charge in [0.1, 0.15) is 17.2 Å². The molecule has 1 aliphatic heterocycles. The molecule has 3 atom stereocenters. The molecule has 35 heavy (non-hydrogen) atoms. The van der Waals surface area contributed by atoms with Crippen molar-refractivity contribution < 1.29 is 23.8 Å². The van der Waals surface area contributed by atoms with Gasteiger partial charge in [0, 0.05) is 28.1 Å². The van der Waals surface area contributed by atoms with E-state index in [2.05, 4.69) is 10.2 Å². The lowest BCUT2D eigenvalue weighted by molar-refractivity contribution is -0.0393. The topological polar surface area (TPSA) is 59.0 Å². The van der Waals surface area contributed by atoms with Gasteiger partial charge in [-0.2, -0.15) is 0 Å². The maximum atomic E-state index is 13.5. The Hall–Kier alpha value is -2.90. The van der Waals surface area contributed by atoms with Crippen LogP contribution in [0, 0.1) is 5.82 Å². The average Bonchev–Trinajstić information content (AvgIpc) is 2.83. The van der Waals surface area contributed by atoms with Gasteiger partial charge in [-0.15, -0.1) is 0 Å². The maximum absolute atomic E-state index is 13.5. The van der Waals surface area contributed by atoms with Gasteiger partial charge in [0.15, 0.2) is 0 Å². The zero-order chi connectivity index (χ0) is 25.2. The fourth-order valence-electron chi connectivity index (χ4n) is 4.33. The molecular weight excluding hydrogens is 461 g/mol. The Balaban J connectivity index is 1.52. The second-order valence-electron chi connectivity index (χ2n) is 9.77. The van der Waals surface area contributed by atoms with E-state index in [1.54, 1.807) is 23.1 Å². The minimum Gasteiger partial charge on any atom is -0.507 e. The summed E-state index contributed by atoms with van der Waals surface area (Å²) in [5.74, 6) is -0.0159. The molecule has 7 heteroatoms. The van der Waals surface area contributed by atoms with E-state index in [4.69, 9.17) is 9.47 Å². The number of likely N-dealkylation sites (tertiary alicyclic amines) is 1. The van der Waals surface area contributed by atoms with Crippen LogP contribution in [-0.2, 0) is 16.1 Å². The molecule has 1 N–H and O–H groups in total. The van der Waals surface area contributed by atoms with Gasteiger partial charge in [-0.25, -0.2) is 9.18 Å². The number of nitrogens with zero attached hydrogens (tertiary/aromatic N) is 1. The molecule has 0 aromatic heterocycles. The maximum Gasteiger partial charge on any atom is 0.410 e. The zero-order valence-corrected chi connectivity index (χ0v) is 21.3. The van der Waals surface area contributed by atoms with Crippen LogP contribution in [0.5, 0.6) is 5.75 Å². The number of hydrogen-bond donors (Lipinski definition) is 1. The normalized spacial score (nSPS) is 19.5. The van der Waals surface area contributed by atoms with Crippen molar-refractivity contribution in [1.29, 1.82) is 0 Å². The van der Waals surface area contributed by atoms with E-state index in [-0.39, 0.29) is 35.2 Å². The van der Waals surface area contributed by atoms with Gasteiger partial charge in [-0.1, -0.05) is 43.3 Å². The number of benzene rings is 3. The molecule has 5 nitrogen and oxygen atoms in total. The minimum atomic E-state index is -0.658. The minimum absolute atomic E-state index is 0.0115. The Bertz CT molecular complexity index is 1180. The molecule has 183 valence electrons. The summed E-state index contributed by atoms with van der Waals surface area (Å²) >= 11 is 0. The van der Waals surface area contributed by atoms with Crippen molar-refractivity contribution in [1.82, 2.24) is 4.90 Å². The smallest absolute Gasteiger partial charge is 0.410 e. The Kier molecular flexibility index (Phi) is 7.47. The largest absolute Gasteiger partial charge is 0.507 e. The number of carbonyl (C=O) groups excluding carboxylic acids is 1. The number of halogens is 1. The van der Waals surface area contributed by atoms with Gasteiger partial charge in [-0.05, 0) is 66.6 Å². The van der Waals surface area contributed by atoms with E-state index in [9.17, 15) is 14.3 Å². The third-order valence-corrected chi connectivity index (χ3v) is 7.59. The Labute approximate surface area is 209 Å². The number of hydrogen-bond acceptors (Lipinski definition) is 4. The summed E-state index contributed by atoms with van der Waals surface area (Å²) in [6, 6.07) is 17.7. The summed E-state index contributed by atoms with van der Waals surface area (Å²) in [5, 5.41) is 11.8. The highest BCUT2D eigenvalue weighted by Crippen LogP contribution is 2.33. The summed E-state index contributed by atoms with van der Waals surface area (Å²) in [5.41, 5.74) is 1.29. The SMILES string of the molecule is CC([Si])C(C)(C)OC(=O)N1CCC(c2ccc(F)cc2)C(OCc2ccc3c(O)cccc3c2)C1. The molecule has 3 aromatic carbocycles. The Morgan fingerprint density at radius 2 is 1.94 bits per heavy atom. The summed E-state index contributed by atoms with van der Waals surface area (Å²) in [6.45, 7) is 6.95. The quantitative estimate of drug-likeness (QED) is 0.432. The molecule has 4 rings (SSSR count). The molecule has 1 fully saturated rings. The second-order valence-corrected chi connectivity index (χ2v) is 10.6. The van der Waals surface area contributed by atoms with Crippen LogP contribution in [-0.4, -0.2) is 51.1 Å². The van der Waals surface area contributed by atoms with E-state index in [0.29, 0.717) is 26.1 Å². The molecule has 0 spiro atoms. The van der Waals surface area contributed by atoms with E-state index in [1.807, 2.05) is 51.1 Å². The number of rotatable bonds is 6. The van der Waals surface area contributed by atoms with Crippen LogP contribution >= 0.6 is 0 Å². The van der Waals surface area contributed by atoms with E-state index in [0.717, 1.165) is 21.9 Å². The number of fused-ring (bicyclic) bond motifs is 1. The van der Waals surface area contributed by atoms with Crippen LogP contribution in [0.15, 0.2) is 60.7 Å². The van der Waals surface area contributed by atoms with Gasteiger partial charge in [0.2, 0.25) is 0 Å². The lowest BCUT2D eigenvalue weighted by Gasteiger charge is -2.40. The number of amides is 1. The monoisotopic (exact) mass is 492 g/mol. The van der Waals surface area contributed by atoms with Crippen LogP contribution in [0.4, 0.5) is 9.18 Å². The molecule has 1 saturated heterocycles. The molecule has 1 heterocycles. The van der Waals surface area contributed by atoms with Crippen molar-refractivity contribution in [2.75, 3.05) is 13.1 Å².